The third-order valence-electron chi connectivity index (χ3n) is 4.18. The first kappa shape index (κ1) is 22.1. The van der Waals surface area contributed by atoms with Crippen LogP contribution in [0.15, 0.2) is 42.5 Å². The Hall–Kier alpha value is -2.18. The number of esters is 1. The molecule has 28 heavy (non-hydrogen) atoms. The van der Waals surface area contributed by atoms with E-state index >= 15 is 0 Å². The Bertz CT molecular complexity index is 806. The smallest absolute Gasteiger partial charge is 0.307 e. The largest absolute Gasteiger partial charge is 0.453 e. The van der Waals surface area contributed by atoms with Crippen LogP contribution in [0.5, 0.6) is 0 Å². The van der Waals surface area contributed by atoms with Crippen molar-refractivity contribution in [3.05, 3.63) is 57.2 Å². The fourth-order valence-corrected chi connectivity index (χ4v) is 3.58. The summed E-state index contributed by atoms with van der Waals surface area (Å²) in [6.45, 7) is 3.44. The van der Waals surface area contributed by atoms with Gasteiger partial charge in [-0.25, -0.2) is 0 Å². The molecule has 0 radical (unpaired) electrons. The quantitative estimate of drug-likeness (QED) is 0.455. The van der Waals surface area contributed by atoms with Gasteiger partial charge >= 0.3 is 5.97 Å². The zero-order valence-corrected chi connectivity index (χ0v) is 17.5. The zero-order chi connectivity index (χ0) is 20.5. The molecule has 2 rings (SSSR count). The molecule has 0 saturated carbocycles. The van der Waals surface area contributed by atoms with Crippen molar-refractivity contribution in [1.29, 1.82) is 0 Å². The molecule has 0 spiro atoms. The van der Waals surface area contributed by atoms with Gasteiger partial charge < -0.3 is 10.1 Å². The van der Waals surface area contributed by atoms with Gasteiger partial charge in [-0.1, -0.05) is 41.9 Å². The first-order valence-electron chi connectivity index (χ1n) is 9.17. The van der Waals surface area contributed by atoms with Crippen LogP contribution in [-0.4, -0.2) is 29.8 Å². The number of halogens is 1. The maximum absolute atomic E-state index is 12.2. The summed E-state index contributed by atoms with van der Waals surface area (Å²) < 4.78 is 5.67. The summed E-state index contributed by atoms with van der Waals surface area (Å²) in [6, 6.07) is 13.3. The summed E-state index contributed by atoms with van der Waals surface area (Å²) in [5.41, 5.74) is 1.21. The molecule has 0 unspecified atom stereocenters. The van der Waals surface area contributed by atoms with Crippen molar-refractivity contribution in [1.82, 2.24) is 5.32 Å². The highest BCUT2D eigenvalue weighted by Crippen LogP contribution is 2.23. The Morgan fingerprint density at radius 1 is 1.07 bits per heavy atom. The van der Waals surface area contributed by atoms with Crippen LogP contribution < -0.4 is 5.32 Å². The Labute approximate surface area is 174 Å². The Balaban J connectivity index is 1.68. The van der Waals surface area contributed by atoms with Gasteiger partial charge in [0.05, 0.1) is 15.6 Å². The second-order valence-electron chi connectivity index (χ2n) is 6.59. The number of Topliss-reactive ketones (excluding diaryl/α,β-unsaturated/α-hetero) is 1. The molecule has 2 aromatic rings. The van der Waals surface area contributed by atoms with Crippen molar-refractivity contribution < 1.29 is 19.1 Å². The first-order valence-corrected chi connectivity index (χ1v) is 10.4. The zero-order valence-electron chi connectivity index (χ0n) is 15.9. The van der Waals surface area contributed by atoms with E-state index in [1.165, 1.54) is 23.8 Å². The Morgan fingerprint density at radius 2 is 1.79 bits per heavy atom. The predicted molar refractivity (Wildman–Crippen MR) is 111 cm³/mol. The molecule has 0 aliphatic heterocycles. The van der Waals surface area contributed by atoms with Crippen molar-refractivity contribution in [3.8, 4) is 0 Å². The van der Waals surface area contributed by atoms with E-state index in [1.54, 1.807) is 12.1 Å². The molecular formula is C21H24ClNO4S. The number of carbonyl (C=O) groups is 3. The Morgan fingerprint density at radius 3 is 2.43 bits per heavy atom. The molecule has 0 aliphatic carbocycles. The number of ketones is 1. The molecule has 0 fully saturated rings. The van der Waals surface area contributed by atoms with Crippen LogP contribution in [0.1, 0.15) is 48.3 Å². The number of hydrogen-bond acceptors (Lipinski definition) is 5. The monoisotopic (exact) mass is 421 g/mol. The minimum absolute atomic E-state index is 0.0253. The van der Waals surface area contributed by atoms with Crippen LogP contribution in [-0.2, 0) is 20.7 Å². The van der Waals surface area contributed by atoms with E-state index in [0.29, 0.717) is 9.21 Å². The van der Waals surface area contributed by atoms with Gasteiger partial charge in [0.25, 0.3) is 5.91 Å². The lowest BCUT2D eigenvalue weighted by Gasteiger charge is -2.18. The normalized spacial score (nSPS) is 12.8. The number of benzene rings is 1. The summed E-state index contributed by atoms with van der Waals surface area (Å²) >= 11 is 6.98. The third kappa shape index (κ3) is 7.44. The second kappa shape index (κ2) is 11.0. The molecule has 1 aromatic heterocycles. The van der Waals surface area contributed by atoms with E-state index in [-0.39, 0.29) is 30.6 Å². The van der Waals surface area contributed by atoms with Crippen LogP contribution in [0, 0.1) is 0 Å². The summed E-state index contributed by atoms with van der Waals surface area (Å²) in [5, 5.41) is 2.85. The number of aryl methyl sites for hydroxylation is 1. The maximum Gasteiger partial charge on any atom is 0.307 e. The van der Waals surface area contributed by atoms with Gasteiger partial charge in [0, 0.05) is 12.5 Å². The number of ether oxygens (including phenoxy) is 1. The van der Waals surface area contributed by atoms with E-state index in [4.69, 9.17) is 16.3 Å². The molecule has 2 atom stereocenters. The molecule has 0 bridgehead atoms. The van der Waals surface area contributed by atoms with E-state index < -0.39 is 12.1 Å². The fourth-order valence-electron chi connectivity index (χ4n) is 2.57. The lowest BCUT2D eigenvalue weighted by atomic mass is 10.1. The van der Waals surface area contributed by atoms with Crippen molar-refractivity contribution in [3.63, 3.8) is 0 Å². The number of carbonyl (C=O) groups excluding carboxylic acids is 3. The molecular weight excluding hydrogens is 398 g/mol. The van der Waals surface area contributed by atoms with E-state index in [2.05, 4.69) is 5.32 Å². The Kier molecular flexibility index (Phi) is 8.67. The van der Waals surface area contributed by atoms with Crippen molar-refractivity contribution in [2.75, 3.05) is 0 Å². The number of thiophene rings is 1. The van der Waals surface area contributed by atoms with E-state index in [1.807, 2.05) is 37.3 Å². The third-order valence-corrected chi connectivity index (χ3v) is 5.45. The van der Waals surface area contributed by atoms with Crippen LogP contribution in [0.2, 0.25) is 4.34 Å². The standard InChI is InChI=1S/C21H24ClNO4S/c1-14(8-9-16-6-4-3-5-7-16)23-21(26)15(2)27-20(25)13-10-17(24)18-11-12-19(22)28-18/h3-7,11-12,14-15H,8-10,13H2,1-2H3,(H,23,26)/t14-,15+/m0/s1. The maximum atomic E-state index is 12.2. The highest BCUT2D eigenvalue weighted by Gasteiger charge is 2.20. The fraction of sp³-hybridized carbons (Fsp3) is 0.381. The van der Waals surface area contributed by atoms with E-state index in [9.17, 15) is 14.4 Å². The molecule has 7 heteroatoms. The number of nitrogens with one attached hydrogen (secondary N) is 1. The van der Waals surface area contributed by atoms with Gasteiger partial charge in [-0.15, -0.1) is 11.3 Å². The molecule has 1 N–H and O–H groups in total. The SMILES string of the molecule is C[C@@H](CCc1ccccc1)NC(=O)[C@@H](C)OC(=O)CCC(=O)c1ccc(Cl)s1. The minimum Gasteiger partial charge on any atom is -0.453 e. The molecule has 1 amide bonds. The molecule has 0 aliphatic rings. The predicted octanol–water partition coefficient (Wildman–Crippen LogP) is 4.43. The molecule has 150 valence electrons. The number of amides is 1. The first-order chi connectivity index (χ1) is 13.3. The highest BCUT2D eigenvalue weighted by atomic mass is 35.5. The average molecular weight is 422 g/mol. The molecule has 1 aromatic carbocycles. The number of hydrogen-bond donors (Lipinski definition) is 1. The van der Waals surface area contributed by atoms with Gasteiger partial charge in [-0.05, 0) is 44.4 Å². The van der Waals surface area contributed by atoms with Crippen LogP contribution >= 0.6 is 22.9 Å². The average Bonchev–Trinajstić information content (AvgIpc) is 3.11. The van der Waals surface area contributed by atoms with Crippen LogP contribution in [0.4, 0.5) is 0 Å². The van der Waals surface area contributed by atoms with Crippen LogP contribution in [0.3, 0.4) is 0 Å². The van der Waals surface area contributed by atoms with Crippen molar-refractivity contribution >= 4 is 40.6 Å². The van der Waals surface area contributed by atoms with Crippen molar-refractivity contribution in [2.24, 2.45) is 0 Å². The minimum atomic E-state index is -0.905. The van der Waals surface area contributed by atoms with Gasteiger partial charge in [0.1, 0.15) is 0 Å². The highest BCUT2D eigenvalue weighted by molar-refractivity contribution is 7.18. The topological polar surface area (TPSA) is 72.5 Å². The van der Waals surface area contributed by atoms with Crippen LogP contribution in [0.25, 0.3) is 0 Å². The second-order valence-corrected chi connectivity index (χ2v) is 8.31. The van der Waals surface area contributed by atoms with Crippen molar-refractivity contribution in [2.45, 2.75) is 51.7 Å². The lowest BCUT2D eigenvalue weighted by molar-refractivity contribution is -0.155. The summed E-state index contributed by atoms with van der Waals surface area (Å²) in [6.07, 6.45) is 0.685. The molecule has 0 saturated heterocycles. The summed E-state index contributed by atoms with van der Waals surface area (Å²) in [5.74, 6) is -1.08. The molecule has 5 nitrogen and oxygen atoms in total. The summed E-state index contributed by atoms with van der Waals surface area (Å²) in [7, 11) is 0. The van der Waals surface area contributed by atoms with Gasteiger partial charge in [0.2, 0.25) is 0 Å². The van der Waals surface area contributed by atoms with Gasteiger partial charge in [-0.3, -0.25) is 14.4 Å². The number of rotatable bonds is 10. The van der Waals surface area contributed by atoms with Gasteiger partial charge in [0.15, 0.2) is 11.9 Å². The lowest BCUT2D eigenvalue weighted by Crippen LogP contribution is -2.41. The van der Waals surface area contributed by atoms with E-state index in [0.717, 1.165) is 12.8 Å². The van der Waals surface area contributed by atoms with Gasteiger partial charge in [-0.2, -0.15) is 0 Å². The molecule has 1 heterocycles. The summed E-state index contributed by atoms with van der Waals surface area (Å²) in [4.78, 5) is 36.6.